The van der Waals surface area contributed by atoms with E-state index in [0.29, 0.717) is 6.61 Å². The zero-order chi connectivity index (χ0) is 9.10. The topological polar surface area (TPSA) is 31.4 Å². The third kappa shape index (κ3) is 2.42. The minimum Gasteiger partial charge on any atom is -0.467 e. The molecule has 1 aromatic heterocycles. The van der Waals surface area contributed by atoms with Crippen LogP contribution in [0, 0.1) is 6.92 Å². The van der Waals surface area contributed by atoms with Crippen molar-refractivity contribution in [1.82, 2.24) is 4.98 Å². The van der Waals surface area contributed by atoms with Gasteiger partial charge in [-0.15, -0.1) is 0 Å². The highest BCUT2D eigenvalue weighted by molar-refractivity contribution is 7.11. The van der Waals surface area contributed by atoms with E-state index in [1.54, 1.807) is 11.3 Å². The molecule has 1 unspecified atom stereocenters. The smallest absolute Gasteiger partial charge is 0.273 e. The van der Waals surface area contributed by atoms with Crippen LogP contribution in [0.1, 0.15) is 18.5 Å². The van der Waals surface area contributed by atoms with E-state index in [9.17, 15) is 0 Å². The summed E-state index contributed by atoms with van der Waals surface area (Å²) < 4.78 is 10.9. The Balaban J connectivity index is 1.78. The van der Waals surface area contributed by atoms with Crippen LogP contribution in [-0.4, -0.2) is 24.3 Å². The highest BCUT2D eigenvalue weighted by Gasteiger charge is 2.16. The fourth-order valence-electron chi connectivity index (χ4n) is 1.34. The average Bonchev–Trinajstić information content (AvgIpc) is 2.71. The number of ether oxygens (including phenoxy) is 2. The van der Waals surface area contributed by atoms with Gasteiger partial charge in [-0.05, 0) is 19.8 Å². The third-order valence-corrected chi connectivity index (χ3v) is 2.88. The first kappa shape index (κ1) is 8.97. The van der Waals surface area contributed by atoms with E-state index in [1.807, 2.05) is 12.3 Å². The van der Waals surface area contributed by atoms with Gasteiger partial charge >= 0.3 is 0 Å². The molecule has 0 radical (unpaired) electrons. The second-order valence-electron chi connectivity index (χ2n) is 3.20. The van der Waals surface area contributed by atoms with Crippen molar-refractivity contribution in [3.8, 4) is 5.19 Å². The van der Waals surface area contributed by atoms with Crippen LogP contribution in [0.2, 0.25) is 0 Å². The van der Waals surface area contributed by atoms with Crippen molar-refractivity contribution in [1.29, 1.82) is 0 Å². The summed E-state index contributed by atoms with van der Waals surface area (Å²) in [7, 11) is 0. The molecule has 0 saturated carbocycles. The second kappa shape index (κ2) is 4.07. The lowest BCUT2D eigenvalue weighted by Crippen LogP contribution is -2.16. The molecule has 72 valence electrons. The molecule has 3 nitrogen and oxygen atoms in total. The molecular weight excluding hydrogens is 186 g/mol. The van der Waals surface area contributed by atoms with Crippen LogP contribution >= 0.6 is 11.3 Å². The molecule has 1 aromatic rings. The van der Waals surface area contributed by atoms with Crippen molar-refractivity contribution in [2.45, 2.75) is 25.9 Å². The summed E-state index contributed by atoms with van der Waals surface area (Å²) in [6, 6.07) is 0. The van der Waals surface area contributed by atoms with E-state index < -0.39 is 0 Å². The third-order valence-electron chi connectivity index (χ3n) is 2.01. The molecule has 1 fully saturated rings. The Morgan fingerprint density at radius 2 is 2.69 bits per heavy atom. The second-order valence-corrected chi connectivity index (χ2v) is 4.02. The molecule has 1 saturated heterocycles. The number of nitrogens with zero attached hydrogens (tertiary/aromatic N) is 1. The highest BCUT2D eigenvalue weighted by atomic mass is 32.1. The summed E-state index contributed by atoms with van der Waals surface area (Å²) in [5.74, 6) is 0. The Kier molecular flexibility index (Phi) is 2.80. The maximum absolute atomic E-state index is 5.49. The molecule has 2 heterocycles. The Hall–Kier alpha value is -0.610. The maximum atomic E-state index is 5.49. The predicted molar refractivity (Wildman–Crippen MR) is 51.3 cm³/mol. The molecular formula is C9H13NO2S. The van der Waals surface area contributed by atoms with Gasteiger partial charge in [0.25, 0.3) is 5.19 Å². The van der Waals surface area contributed by atoms with Crippen molar-refractivity contribution in [2.24, 2.45) is 0 Å². The van der Waals surface area contributed by atoms with Gasteiger partial charge in [-0.25, -0.2) is 4.98 Å². The molecule has 0 aromatic carbocycles. The van der Waals surface area contributed by atoms with Gasteiger partial charge in [-0.1, -0.05) is 11.3 Å². The lowest BCUT2D eigenvalue weighted by atomic mass is 10.2. The Morgan fingerprint density at radius 1 is 1.77 bits per heavy atom. The number of aryl methyl sites for hydroxylation is 1. The lowest BCUT2D eigenvalue weighted by Gasteiger charge is -2.08. The van der Waals surface area contributed by atoms with E-state index in [4.69, 9.17) is 9.47 Å². The van der Waals surface area contributed by atoms with Crippen LogP contribution in [0.25, 0.3) is 0 Å². The van der Waals surface area contributed by atoms with Crippen LogP contribution in [0.3, 0.4) is 0 Å². The van der Waals surface area contributed by atoms with E-state index in [2.05, 4.69) is 4.98 Å². The van der Waals surface area contributed by atoms with Crippen LogP contribution in [0.15, 0.2) is 5.38 Å². The van der Waals surface area contributed by atoms with Crippen molar-refractivity contribution in [3.63, 3.8) is 0 Å². The first-order chi connectivity index (χ1) is 6.34. The number of rotatable bonds is 3. The van der Waals surface area contributed by atoms with E-state index in [1.165, 1.54) is 0 Å². The van der Waals surface area contributed by atoms with Gasteiger partial charge in [0.1, 0.15) is 6.61 Å². The molecule has 0 spiro atoms. The first-order valence-electron chi connectivity index (χ1n) is 4.51. The monoisotopic (exact) mass is 199 g/mol. The fraction of sp³-hybridized carbons (Fsp3) is 0.667. The molecule has 1 aliphatic heterocycles. The van der Waals surface area contributed by atoms with E-state index >= 15 is 0 Å². The molecule has 0 N–H and O–H groups in total. The number of hydrogen-bond acceptors (Lipinski definition) is 4. The average molecular weight is 199 g/mol. The van der Waals surface area contributed by atoms with Gasteiger partial charge in [-0.2, -0.15) is 0 Å². The number of hydrogen-bond donors (Lipinski definition) is 0. The molecule has 1 aliphatic rings. The molecule has 0 amide bonds. The predicted octanol–water partition coefficient (Wildman–Crippen LogP) is 2.01. The summed E-state index contributed by atoms with van der Waals surface area (Å²) in [5, 5.41) is 2.75. The zero-order valence-corrected chi connectivity index (χ0v) is 8.47. The SMILES string of the molecule is Cc1csc(OCC2CCCO2)n1. The molecule has 13 heavy (non-hydrogen) atoms. The maximum Gasteiger partial charge on any atom is 0.273 e. The quantitative estimate of drug-likeness (QED) is 0.746. The van der Waals surface area contributed by atoms with Gasteiger partial charge in [0.2, 0.25) is 0 Å². The summed E-state index contributed by atoms with van der Waals surface area (Å²) >= 11 is 1.54. The van der Waals surface area contributed by atoms with E-state index in [0.717, 1.165) is 30.3 Å². The Bertz CT molecular complexity index is 268. The minimum absolute atomic E-state index is 0.282. The van der Waals surface area contributed by atoms with Gasteiger partial charge < -0.3 is 9.47 Å². The van der Waals surface area contributed by atoms with Gasteiger partial charge in [0.05, 0.1) is 11.8 Å². The molecule has 4 heteroatoms. The van der Waals surface area contributed by atoms with Crippen LogP contribution < -0.4 is 4.74 Å². The summed E-state index contributed by atoms with van der Waals surface area (Å²) in [6.45, 7) is 3.49. The van der Waals surface area contributed by atoms with Gasteiger partial charge in [-0.3, -0.25) is 0 Å². The van der Waals surface area contributed by atoms with Crippen molar-refractivity contribution < 1.29 is 9.47 Å². The van der Waals surface area contributed by atoms with Crippen LogP contribution in [-0.2, 0) is 4.74 Å². The number of aromatic nitrogens is 1. The van der Waals surface area contributed by atoms with Gasteiger partial charge in [0, 0.05) is 12.0 Å². The van der Waals surface area contributed by atoms with E-state index in [-0.39, 0.29) is 6.10 Å². The van der Waals surface area contributed by atoms with Crippen LogP contribution in [0.5, 0.6) is 5.19 Å². The molecule has 2 rings (SSSR count). The standard InChI is InChI=1S/C9H13NO2S/c1-7-6-13-9(10-7)12-5-8-3-2-4-11-8/h6,8H,2-5H2,1H3. The van der Waals surface area contributed by atoms with Crippen molar-refractivity contribution in [2.75, 3.05) is 13.2 Å². The van der Waals surface area contributed by atoms with Crippen molar-refractivity contribution >= 4 is 11.3 Å². The Labute approximate surface area is 81.7 Å². The summed E-state index contributed by atoms with van der Waals surface area (Å²) in [6.07, 6.45) is 2.55. The first-order valence-corrected chi connectivity index (χ1v) is 5.39. The largest absolute Gasteiger partial charge is 0.467 e. The zero-order valence-electron chi connectivity index (χ0n) is 7.66. The fourth-order valence-corrected chi connectivity index (χ4v) is 2.00. The van der Waals surface area contributed by atoms with Crippen molar-refractivity contribution in [3.05, 3.63) is 11.1 Å². The summed E-state index contributed by atoms with van der Waals surface area (Å²) in [5.41, 5.74) is 1.02. The molecule has 1 atom stereocenters. The minimum atomic E-state index is 0.282. The highest BCUT2D eigenvalue weighted by Crippen LogP contribution is 2.19. The summed E-state index contributed by atoms with van der Waals surface area (Å²) in [4.78, 5) is 4.21. The van der Waals surface area contributed by atoms with Gasteiger partial charge in [0.15, 0.2) is 0 Å². The Morgan fingerprint density at radius 3 is 3.31 bits per heavy atom. The molecule has 0 bridgehead atoms. The molecule has 0 aliphatic carbocycles. The number of thiazole rings is 1. The van der Waals surface area contributed by atoms with Crippen LogP contribution in [0.4, 0.5) is 0 Å². The lowest BCUT2D eigenvalue weighted by molar-refractivity contribution is 0.0678. The normalized spacial score (nSPS) is 22.1.